The third kappa shape index (κ3) is 2.43. The Morgan fingerprint density at radius 3 is 2.44 bits per heavy atom. The van der Waals surface area contributed by atoms with Crippen LogP contribution in [0.3, 0.4) is 0 Å². The average molecular weight is 309 g/mol. The number of hydrogen-bond donors (Lipinski definition) is 1. The number of hydrogen-bond acceptors (Lipinski definition) is 2. The molecule has 2 aromatic carbocycles. The summed E-state index contributed by atoms with van der Waals surface area (Å²) in [5, 5.41) is 9.78. The van der Waals surface area contributed by atoms with Crippen LogP contribution in [0.2, 0.25) is 0 Å². The smallest absolute Gasteiger partial charge is 0.196 e. The van der Waals surface area contributed by atoms with Crippen LogP contribution in [0.15, 0.2) is 40.9 Å². The molecule has 0 saturated heterocycles. The van der Waals surface area contributed by atoms with Crippen molar-refractivity contribution in [1.82, 2.24) is 0 Å². The van der Waals surface area contributed by atoms with Gasteiger partial charge in [-0.25, -0.2) is 4.39 Å². The summed E-state index contributed by atoms with van der Waals surface area (Å²) in [4.78, 5) is 12.1. The lowest BCUT2D eigenvalue weighted by molar-refractivity contribution is 0.103. The van der Waals surface area contributed by atoms with Crippen LogP contribution in [-0.4, -0.2) is 10.9 Å². The number of phenolic OH excluding ortho intramolecular Hbond substituents is 1. The predicted molar refractivity (Wildman–Crippen MR) is 70.4 cm³/mol. The van der Waals surface area contributed by atoms with Crippen molar-refractivity contribution in [3.05, 3.63) is 63.4 Å². The lowest BCUT2D eigenvalue weighted by Gasteiger charge is -2.07. The maximum atomic E-state index is 12.8. The van der Waals surface area contributed by atoms with Gasteiger partial charge in [0.1, 0.15) is 11.6 Å². The highest BCUT2D eigenvalue weighted by atomic mass is 79.9. The summed E-state index contributed by atoms with van der Waals surface area (Å²) >= 11 is 3.27. The van der Waals surface area contributed by atoms with E-state index in [2.05, 4.69) is 15.9 Å². The minimum Gasteiger partial charge on any atom is -0.507 e. The first-order chi connectivity index (χ1) is 8.49. The molecule has 0 aromatic heterocycles. The second kappa shape index (κ2) is 4.90. The molecule has 0 fully saturated rings. The quantitative estimate of drug-likeness (QED) is 0.856. The summed E-state index contributed by atoms with van der Waals surface area (Å²) in [6.07, 6.45) is 0. The van der Waals surface area contributed by atoms with E-state index in [4.69, 9.17) is 0 Å². The van der Waals surface area contributed by atoms with E-state index in [0.29, 0.717) is 5.56 Å². The van der Waals surface area contributed by atoms with Crippen molar-refractivity contribution in [3.63, 3.8) is 0 Å². The second-order valence-corrected chi connectivity index (χ2v) is 4.81. The van der Waals surface area contributed by atoms with Crippen molar-refractivity contribution < 1.29 is 14.3 Å². The fourth-order valence-electron chi connectivity index (χ4n) is 1.61. The van der Waals surface area contributed by atoms with Gasteiger partial charge in [-0.1, -0.05) is 15.9 Å². The molecule has 2 aromatic rings. The van der Waals surface area contributed by atoms with Crippen LogP contribution >= 0.6 is 15.9 Å². The van der Waals surface area contributed by atoms with E-state index < -0.39 is 5.82 Å². The van der Waals surface area contributed by atoms with Crippen molar-refractivity contribution in [1.29, 1.82) is 0 Å². The predicted octanol–water partition coefficient (Wildman–Crippen LogP) is 3.83. The highest BCUT2D eigenvalue weighted by molar-refractivity contribution is 9.10. The Labute approximate surface area is 112 Å². The van der Waals surface area contributed by atoms with Gasteiger partial charge in [0.05, 0.1) is 5.56 Å². The minimum atomic E-state index is -0.400. The number of ketones is 1. The van der Waals surface area contributed by atoms with Crippen LogP contribution in [0.25, 0.3) is 0 Å². The van der Waals surface area contributed by atoms with E-state index in [1.807, 2.05) is 6.92 Å². The van der Waals surface area contributed by atoms with Gasteiger partial charge in [-0.15, -0.1) is 0 Å². The largest absolute Gasteiger partial charge is 0.507 e. The van der Waals surface area contributed by atoms with E-state index in [1.54, 1.807) is 6.07 Å². The molecule has 18 heavy (non-hydrogen) atoms. The molecule has 4 heteroatoms. The summed E-state index contributed by atoms with van der Waals surface area (Å²) in [6.45, 7) is 1.82. The zero-order valence-electron chi connectivity index (χ0n) is 9.58. The third-order valence-electron chi connectivity index (χ3n) is 2.63. The molecule has 0 aliphatic carbocycles. The summed E-state index contributed by atoms with van der Waals surface area (Å²) in [5.74, 6) is -0.826. The third-order valence-corrected chi connectivity index (χ3v) is 3.48. The Bertz CT molecular complexity index is 606. The number of halogens is 2. The molecule has 0 heterocycles. The Hall–Kier alpha value is -1.68. The van der Waals surface area contributed by atoms with Crippen molar-refractivity contribution in [2.45, 2.75) is 6.92 Å². The highest BCUT2D eigenvalue weighted by Crippen LogP contribution is 2.28. The first-order valence-electron chi connectivity index (χ1n) is 5.28. The Balaban J connectivity index is 2.46. The molecule has 0 amide bonds. The molecule has 0 bridgehead atoms. The number of phenols is 1. The molecule has 0 unspecified atom stereocenters. The normalized spacial score (nSPS) is 10.4. The molecular weight excluding hydrogens is 299 g/mol. The van der Waals surface area contributed by atoms with Crippen LogP contribution in [0, 0.1) is 12.7 Å². The lowest BCUT2D eigenvalue weighted by Crippen LogP contribution is -2.02. The van der Waals surface area contributed by atoms with Crippen LogP contribution in [0.4, 0.5) is 4.39 Å². The number of carbonyl (C=O) groups is 1. The van der Waals surface area contributed by atoms with Gasteiger partial charge in [0.15, 0.2) is 5.78 Å². The van der Waals surface area contributed by atoms with Gasteiger partial charge in [-0.2, -0.15) is 0 Å². The summed E-state index contributed by atoms with van der Waals surface area (Å²) in [5.41, 5.74) is 1.40. The average Bonchev–Trinajstić information content (AvgIpc) is 2.34. The van der Waals surface area contributed by atoms with Gasteiger partial charge in [-0.05, 0) is 48.9 Å². The summed E-state index contributed by atoms with van der Waals surface area (Å²) in [7, 11) is 0. The molecular formula is C14H10BrFO2. The molecule has 92 valence electrons. The first-order valence-corrected chi connectivity index (χ1v) is 6.07. The SMILES string of the molecule is Cc1cc(C(=O)c2ccc(F)cc2)c(O)cc1Br. The highest BCUT2D eigenvalue weighted by Gasteiger charge is 2.15. The monoisotopic (exact) mass is 308 g/mol. The van der Waals surface area contributed by atoms with Gasteiger partial charge in [0, 0.05) is 10.0 Å². The number of aromatic hydroxyl groups is 1. The maximum Gasteiger partial charge on any atom is 0.196 e. The van der Waals surface area contributed by atoms with E-state index in [9.17, 15) is 14.3 Å². The Morgan fingerprint density at radius 2 is 1.83 bits per heavy atom. The number of carbonyl (C=O) groups excluding carboxylic acids is 1. The molecule has 2 nitrogen and oxygen atoms in total. The van der Waals surface area contributed by atoms with Crippen molar-refractivity contribution >= 4 is 21.7 Å². The van der Waals surface area contributed by atoms with Gasteiger partial charge in [0.25, 0.3) is 0 Å². The fraction of sp³-hybridized carbons (Fsp3) is 0.0714. The summed E-state index contributed by atoms with van der Waals surface area (Å²) < 4.78 is 13.5. The Kier molecular flexibility index (Phi) is 3.48. The minimum absolute atomic E-state index is 0.0956. The molecule has 0 radical (unpaired) electrons. The van der Waals surface area contributed by atoms with Crippen LogP contribution in [0.5, 0.6) is 5.75 Å². The van der Waals surface area contributed by atoms with Crippen LogP contribution in [-0.2, 0) is 0 Å². The van der Waals surface area contributed by atoms with Crippen LogP contribution < -0.4 is 0 Å². The molecule has 0 atom stereocenters. The van der Waals surface area contributed by atoms with E-state index in [1.165, 1.54) is 30.3 Å². The molecule has 0 aliphatic rings. The first kappa shape index (κ1) is 12.8. The van der Waals surface area contributed by atoms with Crippen molar-refractivity contribution in [2.75, 3.05) is 0 Å². The molecule has 0 saturated carbocycles. The van der Waals surface area contributed by atoms with Gasteiger partial charge >= 0.3 is 0 Å². The number of benzene rings is 2. The van der Waals surface area contributed by atoms with E-state index in [-0.39, 0.29) is 17.1 Å². The van der Waals surface area contributed by atoms with Gasteiger partial charge < -0.3 is 5.11 Å². The van der Waals surface area contributed by atoms with E-state index >= 15 is 0 Å². The molecule has 2 rings (SSSR count). The zero-order valence-corrected chi connectivity index (χ0v) is 11.2. The number of rotatable bonds is 2. The molecule has 0 aliphatic heterocycles. The maximum absolute atomic E-state index is 12.8. The standard InChI is InChI=1S/C14H10BrFO2/c1-8-6-11(13(17)7-12(8)15)14(18)9-2-4-10(16)5-3-9/h2-7,17H,1H3. The Morgan fingerprint density at radius 1 is 1.22 bits per heavy atom. The van der Waals surface area contributed by atoms with Gasteiger partial charge in [-0.3, -0.25) is 4.79 Å². The van der Waals surface area contributed by atoms with Crippen molar-refractivity contribution in [2.24, 2.45) is 0 Å². The fourth-order valence-corrected chi connectivity index (χ4v) is 1.94. The number of aryl methyl sites for hydroxylation is 1. The summed E-state index contributed by atoms with van der Waals surface area (Å²) in [6, 6.07) is 8.31. The molecule has 1 N–H and O–H groups in total. The topological polar surface area (TPSA) is 37.3 Å². The van der Waals surface area contributed by atoms with E-state index in [0.717, 1.165) is 10.0 Å². The van der Waals surface area contributed by atoms with Crippen molar-refractivity contribution in [3.8, 4) is 5.75 Å². The zero-order chi connectivity index (χ0) is 13.3. The molecule has 0 spiro atoms. The lowest BCUT2D eigenvalue weighted by atomic mass is 10.0. The van der Waals surface area contributed by atoms with Gasteiger partial charge in [0.2, 0.25) is 0 Å². The second-order valence-electron chi connectivity index (χ2n) is 3.95. The van der Waals surface area contributed by atoms with Crippen LogP contribution in [0.1, 0.15) is 21.5 Å².